The standard InChI is InChI=1S/C20H2Br41N/c21-1(22,3(25,26)5(29,30)7(33,34)9(37,38)11(41,42)13(45,46)15(49,50)17(53,54)19(57,58)59)2(23,24)4(27,28)6(31,32)8(35,36)10(39,40)12(43,44)14(47,48)16(51,52)18(55,56)20(60,61)62/h62H2. The van der Waals surface area contributed by atoms with E-state index in [0.717, 1.165) is 0 Å². The second-order valence-electron chi connectivity index (χ2n) is 11.5. The fraction of sp³-hybridized carbons (Fsp3) is 1.00. The molecule has 0 aliphatic carbocycles. The van der Waals surface area contributed by atoms with Gasteiger partial charge in [0.25, 0.3) is 0 Å². The highest BCUT2D eigenvalue weighted by molar-refractivity contribution is 9.43. The van der Waals surface area contributed by atoms with Crippen LogP contribution in [0.5, 0.6) is 0 Å². The maximum atomic E-state index is 6.52. The van der Waals surface area contributed by atoms with Crippen LogP contribution < -0.4 is 5.73 Å². The number of rotatable bonds is 18. The van der Waals surface area contributed by atoms with Crippen molar-refractivity contribution in [3.8, 4) is 0 Å². The lowest BCUT2D eigenvalue weighted by Crippen LogP contribution is -2.74. The van der Waals surface area contributed by atoms with Gasteiger partial charge in [-0.1, -0.05) is 653 Å². The van der Waals surface area contributed by atoms with Crippen LogP contribution in [0.4, 0.5) is 0 Å². The number of hydrogen-bond acceptors (Lipinski definition) is 1. The molecule has 2 N–H and O–H groups in total. The lowest BCUT2D eigenvalue weighted by Gasteiger charge is -2.62. The molecular formula is C20H2Br41N. The summed E-state index contributed by atoms with van der Waals surface area (Å²) in [7, 11) is 0. The van der Waals surface area contributed by atoms with Crippen LogP contribution in [0.25, 0.3) is 0 Å². The first-order chi connectivity index (χ1) is 25.8. The van der Waals surface area contributed by atoms with E-state index in [1.807, 2.05) is 0 Å². The van der Waals surface area contributed by atoms with Gasteiger partial charge in [-0.3, -0.25) is 0 Å². The van der Waals surface area contributed by atoms with Crippen molar-refractivity contribution in [2.75, 3.05) is 0 Å². The van der Waals surface area contributed by atoms with Gasteiger partial charge in [0.05, 0.1) is 0 Å². The molecule has 0 rings (SSSR count). The van der Waals surface area contributed by atoms with Crippen molar-refractivity contribution in [1.82, 2.24) is 0 Å². The molecule has 0 atom stereocenters. The van der Waals surface area contributed by atoms with Crippen molar-refractivity contribution in [2.24, 2.45) is 5.73 Å². The number of hydrogen-bond donors (Lipinski definition) is 1. The van der Waals surface area contributed by atoms with Crippen molar-refractivity contribution in [3.05, 3.63) is 0 Å². The first kappa shape index (κ1) is 81.6. The first-order valence-electron chi connectivity index (χ1n) is 12.8. The third-order valence-corrected chi connectivity index (χ3v) is 94.8. The average Bonchev–Trinajstić information content (AvgIpc) is 3.01. The van der Waals surface area contributed by atoms with E-state index in [2.05, 4.69) is 653 Å². The zero-order valence-corrected chi connectivity index (χ0v) is 91.1. The lowest BCUT2D eigenvalue weighted by atomic mass is 10.0. The fourth-order valence-electron chi connectivity index (χ4n) is 3.54. The molecule has 0 aromatic heterocycles. The Bertz CT molecular complexity index is 1510. The summed E-state index contributed by atoms with van der Waals surface area (Å²) >= 11 is 161. The Balaban J connectivity index is 7.98. The highest BCUT2D eigenvalue weighted by Crippen LogP contribution is 2.85. The third kappa shape index (κ3) is 13.6. The molecule has 0 aliphatic rings. The largest absolute Gasteiger partial charge is 0.305 e. The van der Waals surface area contributed by atoms with E-state index in [-0.39, 0.29) is 0 Å². The maximum absolute atomic E-state index is 6.52. The fourth-order valence-corrected chi connectivity index (χ4v) is 45.0. The number of alkyl halides is 41. The van der Waals surface area contributed by atoms with Crippen molar-refractivity contribution in [1.29, 1.82) is 0 Å². The molecule has 0 bridgehead atoms. The van der Waals surface area contributed by atoms with Crippen LogP contribution in [0.3, 0.4) is 0 Å². The third-order valence-electron chi connectivity index (χ3n) is 7.48. The maximum Gasteiger partial charge on any atom is 0.162 e. The zero-order valence-electron chi connectivity index (χ0n) is 26.1. The van der Waals surface area contributed by atoms with Gasteiger partial charge in [-0.15, -0.1) is 0 Å². The summed E-state index contributed by atoms with van der Waals surface area (Å²) in [5.74, 6) is 0. The Morgan fingerprint density at radius 2 is 0.210 bits per heavy atom. The lowest BCUT2D eigenvalue weighted by molar-refractivity contribution is 0.514. The molecule has 0 spiro atoms. The highest BCUT2D eigenvalue weighted by Gasteiger charge is 2.85. The molecule has 0 radical (unpaired) electrons. The van der Waals surface area contributed by atoms with Gasteiger partial charge in [0.2, 0.25) is 0 Å². The molecule has 0 fully saturated rings. The second-order valence-corrected chi connectivity index (χ2v) is 83.8. The molecule has 0 amide bonds. The van der Waals surface area contributed by atoms with Gasteiger partial charge in [-0.25, -0.2) is 0 Å². The number of halogens is 41. The van der Waals surface area contributed by atoms with Crippen LogP contribution in [0.2, 0.25) is 0 Å². The quantitative estimate of drug-likeness (QED) is 0.107. The Morgan fingerprint density at radius 1 is 0.129 bits per heavy atom. The molecule has 0 saturated carbocycles. The molecule has 1 nitrogen and oxygen atoms in total. The van der Waals surface area contributed by atoms with Crippen LogP contribution >= 0.6 is 653 Å². The summed E-state index contributed by atoms with van der Waals surface area (Å²) in [5, 5.41) is 0. The minimum absolute atomic E-state index is 0.927. The van der Waals surface area contributed by atoms with E-state index in [1.165, 1.54) is 0 Å². The van der Waals surface area contributed by atoms with Gasteiger partial charge in [-0.2, -0.15) is 0 Å². The molecule has 62 heavy (non-hydrogen) atoms. The van der Waals surface area contributed by atoms with E-state index in [9.17, 15) is 0 Å². The summed E-state index contributed by atoms with van der Waals surface area (Å²) < 4.78 is -25.7. The predicted octanol–water partition coefficient (Wildman–Crippen LogP) is 30.0. The molecule has 0 heterocycles. The minimum atomic E-state index is -1.40. The molecule has 0 saturated heterocycles. The summed E-state index contributed by atoms with van der Waals surface area (Å²) in [4.78, 5) is 0. The highest BCUT2D eigenvalue weighted by atomic mass is 80.0. The van der Waals surface area contributed by atoms with Gasteiger partial charge in [0.15, 0.2) is 5.50 Å². The zero-order chi connectivity index (χ0) is 52.0. The molecule has 0 aromatic carbocycles. The minimum Gasteiger partial charge on any atom is -0.305 e. The van der Waals surface area contributed by atoms with E-state index in [0.29, 0.717) is 0 Å². The molecule has 42 heteroatoms. The molecule has 0 unspecified atom stereocenters. The van der Waals surface area contributed by atoms with Crippen LogP contribution in [0.15, 0.2) is 0 Å². The summed E-state index contributed by atoms with van der Waals surface area (Å²) in [6.07, 6.45) is 0. The summed E-state index contributed by atoms with van der Waals surface area (Å²) in [5.41, 5.74) is 6.52. The van der Waals surface area contributed by atoms with Crippen LogP contribution in [-0.2, 0) is 0 Å². The molecule has 0 aliphatic heterocycles. The SMILES string of the molecule is NC(Br)(Br)C(Br)(Br)C(Br)(Br)C(Br)(Br)C(Br)(Br)C(Br)(Br)C(Br)(Br)C(Br)(Br)C(Br)(Br)C(Br)(Br)C(Br)(Br)C(Br)(Br)C(Br)(Br)C(Br)(Br)C(Br)(Br)C(Br)(Br)C(Br)(Br)C(Br)(Br)C(Br)(Br)C(Br)(Br)Br. The summed E-state index contributed by atoms with van der Waals surface area (Å²) in [6.45, 7) is 0. The Hall–Kier alpha value is 19.6. The van der Waals surface area contributed by atoms with Gasteiger partial charge in [-0.05, 0) is 0 Å². The monoisotopic (exact) mass is 3490 g/mol. The van der Waals surface area contributed by atoms with Crippen LogP contribution in [-0.4, -0.2) is 63.7 Å². The Kier molecular flexibility index (Phi) is 34.5. The number of nitrogens with two attached hydrogens (primary N) is 1. The van der Waals surface area contributed by atoms with E-state index < -0.39 is 63.7 Å². The predicted molar refractivity (Wildman–Crippen MR) is 425 cm³/mol. The van der Waals surface area contributed by atoms with Crippen LogP contribution in [0, 0.1) is 0 Å². The van der Waals surface area contributed by atoms with Crippen molar-refractivity contribution in [3.63, 3.8) is 0 Å². The molecule has 374 valence electrons. The summed E-state index contributed by atoms with van der Waals surface area (Å²) in [6, 6.07) is 0. The van der Waals surface area contributed by atoms with Crippen LogP contribution in [0.1, 0.15) is 0 Å². The van der Waals surface area contributed by atoms with Gasteiger partial charge in [0, 0.05) is 0 Å². The van der Waals surface area contributed by atoms with Gasteiger partial charge >= 0.3 is 0 Å². The van der Waals surface area contributed by atoms with Crippen molar-refractivity contribution >= 4 is 653 Å². The van der Waals surface area contributed by atoms with Crippen molar-refractivity contribution < 1.29 is 0 Å². The van der Waals surface area contributed by atoms with E-state index in [1.54, 1.807) is 0 Å². The normalized spacial score (nSPS) is 17.5. The first-order valence-corrected chi connectivity index (χ1v) is 45.3. The topological polar surface area (TPSA) is 26.0 Å². The van der Waals surface area contributed by atoms with Gasteiger partial charge in [0.1, 0.15) is 58.2 Å². The van der Waals surface area contributed by atoms with Crippen molar-refractivity contribution in [2.45, 2.75) is 63.7 Å². The van der Waals surface area contributed by atoms with E-state index >= 15 is 0 Å². The van der Waals surface area contributed by atoms with Gasteiger partial charge < -0.3 is 5.73 Å². The van der Waals surface area contributed by atoms with E-state index in [4.69, 9.17) is 5.73 Å². The smallest absolute Gasteiger partial charge is 0.162 e. The Morgan fingerprint density at radius 3 is 0.290 bits per heavy atom. The average molecular weight is 3530 g/mol. The Labute approximate surface area is 704 Å². The second kappa shape index (κ2) is 26.2. The molecule has 0 aromatic rings. The molecular weight excluding hydrogens is 3530 g/mol.